The normalized spacial score (nSPS) is 11.4. The highest BCUT2D eigenvalue weighted by atomic mass is 16.6. The predicted octanol–water partition coefficient (Wildman–Crippen LogP) is 1.68. The molecule has 124 valence electrons. The average molecular weight is 322 g/mol. The average Bonchev–Trinajstić information content (AvgIpc) is 2.52. The van der Waals surface area contributed by atoms with Gasteiger partial charge in [-0.2, -0.15) is 0 Å². The molecule has 0 saturated carbocycles. The van der Waals surface area contributed by atoms with Crippen LogP contribution in [0.15, 0.2) is 36.4 Å². The summed E-state index contributed by atoms with van der Waals surface area (Å²) < 4.78 is 15.0. The molecule has 0 aliphatic heterocycles. The van der Waals surface area contributed by atoms with Crippen molar-refractivity contribution in [2.75, 3.05) is 20.3 Å². The summed E-state index contributed by atoms with van der Waals surface area (Å²) in [7, 11) is 1.40. The summed E-state index contributed by atoms with van der Waals surface area (Å²) >= 11 is 0. The molecule has 0 aliphatic carbocycles. The summed E-state index contributed by atoms with van der Waals surface area (Å²) in [6.45, 7) is 4.70. The first kappa shape index (κ1) is 18.4. The van der Waals surface area contributed by atoms with Crippen molar-refractivity contribution < 1.29 is 33.7 Å². The number of carbonyl (C=O) groups excluding carboxylic acids is 2. The number of carboxylic acid groups (broad SMARTS) is 1. The highest BCUT2D eigenvalue weighted by molar-refractivity contribution is 6.02. The second kappa shape index (κ2) is 8.70. The smallest absolute Gasteiger partial charge is 0.339 e. The first-order valence-electron chi connectivity index (χ1n) is 6.71. The largest absolute Gasteiger partial charge is 0.478 e. The molecule has 1 aromatic rings. The summed E-state index contributed by atoms with van der Waals surface area (Å²) in [5, 5.41) is 9.08. The van der Waals surface area contributed by atoms with E-state index < -0.39 is 24.0 Å². The lowest BCUT2D eigenvalue weighted by molar-refractivity contribution is -0.143. The maximum atomic E-state index is 12.1. The summed E-state index contributed by atoms with van der Waals surface area (Å²) in [5.41, 5.74) is -0.0522. The van der Waals surface area contributed by atoms with Crippen molar-refractivity contribution in [3.8, 4) is 0 Å². The number of carbonyl (C=O) groups is 3. The molecule has 1 aromatic carbocycles. The molecule has 1 atom stereocenters. The van der Waals surface area contributed by atoms with Gasteiger partial charge in [0, 0.05) is 12.7 Å². The molecule has 0 heterocycles. The van der Waals surface area contributed by atoms with Gasteiger partial charge in [-0.25, -0.2) is 14.4 Å². The van der Waals surface area contributed by atoms with Gasteiger partial charge in [0.2, 0.25) is 0 Å². The second-order valence-corrected chi connectivity index (χ2v) is 4.71. The molecule has 1 rings (SSSR count). The zero-order valence-corrected chi connectivity index (χ0v) is 12.9. The van der Waals surface area contributed by atoms with E-state index in [9.17, 15) is 14.4 Å². The van der Waals surface area contributed by atoms with E-state index in [1.165, 1.54) is 38.3 Å². The standard InChI is InChI=1S/C16H18O7/c1-10(2)15(19)22-9-11(8-21-3)23-16(20)13-7-5-4-6-12(13)14(17)18/h4-7,11H,1,8-9H2,2-3H3,(H,17,18). The lowest BCUT2D eigenvalue weighted by Crippen LogP contribution is -2.30. The summed E-state index contributed by atoms with van der Waals surface area (Å²) in [6.07, 6.45) is -0.863. The molecule has 0 bridgehead atoms. The fourth-order valence-electron chi connectivity index (χ4n) is 1.66. The highest BCUT2D eigenvalue weighted by Crippen LogP contribution is 2.12. The number of carboxylic acids is 1. The van der Waals surface area contributed by atoms with Crippen LogP contribution in [0.2, 0.25) is 0 Å². The predicted molar refractivity (Wildman–Crippen MR) is 80.3 cm³/mol. The van der Waals surface area contributed by atoms with Gasteiger partial charge >= 0.3 is 17.9 Å². The molecule has 1 unspecified atom stereocenters. The Morgan fingerprint density at radius 3 is 2.30 bits per heavy atom. The van der Waals surface area contributed by atoms with Gasteiger partial charge in [-0.3, -0.25) is 0 Å². The minimum Gasteiger partial charge on any atom is -0.478 e. The third-order valence-electron chi connectivity index (χ3n) is 2.75. The van der Waals surface area contributed by atoms with Crippen molar-refractivity contribution in [2.24, 2.45) is 0 Å². The minimum absolute atomic E-state index is 0.00948. The van der Waals surface area contributed by atoms with Crippen LogP contribution in [-0.2, 0) is 19.0 Å². The quantitative estimate of drug-likeness (QED) is 0.574. The molecule has 0 amide bonds. The van der Waals surface area contributed by atoms with Gasteiger partial charge in [0.25, 0.3) is 0 Å². The first-order valence-corrected chi connectivity index (χ1v) is 6.71. The fourth-order valence-corrected chi connectivity index (χ4v) is 1.66. The molecule has 0 aliphatic rings. The summed E-state index contributed by atoms with van der Waals surface area (Å²) in [5.74, 6) is -2.70. The minimum atomic E-state index is -1.24. The molecular formula is C16H18O7. The van der Waals surface area contributed by atoms with Crippen molar-refractivity contribution in [3.63, 3.8) is 0 Å². The number of methoxy groups -OCH3 is 1. The molecule has 7 nitrogen and oxygen atoms in total. The molecule has 7 heteroatoms. The Kier molecular flexibility index (Phi) is 6.95. The Balaban J connectivity index is 2.80. The molecule has 0 spiro atoms. The number of aromatic carboxylic acids is 1. The van der Waals surface area contributed by atoms with Crippen molar-refractivity contribution in [1.82, 2.24) is 0 Å². The SMILES string of the molecule is C=C(C)C(=O)OCC(COC)OC(=O)c1ccccc1C(=O)O. The second-order valence-electron chi connectivity index (χ2n) is 4.71. The molecule has 0 saturated heterocycles. The third-order valence-corrected chi connectivity index (χ3v) is 2.75. The number of hydrogen-bond acceptors (Lipinski definition) is 6. The molecule has 0 radical (unpaired) electrons. The summed E-state index contributed by atoms with van der Waals surface area (Å²) in [4.78, 5) is 34.6. The van der Waals surface area contributed by atoms with Crippen LogP contribution in [0.25, 0.3) is 0 Å². The molecule has 0 fully saturated rings. The molecular weight excluding hydrogens is 304 g/mol. The van der Waals surface area contributed by atoms with Crippen molar-refractivity contribution in [2.45, 2.75) is 13.0 Å². The first-order chi connectivity index (χ1) is 10.9. The number of benzene rings is 1. The zero-order valence-electron chi connectivity index (χ0n) is 12.9. The summed E-state index contributed by atoms with van der Waals surface area (Å²) in [6, 6.07) is 5.66. The van der Waals surface area contributed by atoms with Crippen LogP contribution in [0.5, 0.6) is 0 Å². The topological polar surface area (TPSA) is 99.1 Å². The van der Waals surface area contributed by atoms with Crippen LogP contribution < -0.4 is 0 Å². The number of rotatable bonds is 8. The van der Waals surface area contributed by atoms with E-state index in [4.69, 9.17) is 19.3 Å². The molecule has 0 aromatic heterocycles. The molecule has 23 heavy (non-hydrogen) atoms. The molecule has 1 N–H and O–H groups in total. The number of ether oxygens (including phenoxy) is 3. The van der Waals surface area contributed by atoms with Crippen molar-refractivity contribution >= 4 is 17.9 Å². The van der Waals surface area contributed by atoms with E-state index >= 15 is 0 Å². The third kappa shape index (κ3) is 5.55. The maximum Gasteiger partial charge on any atom is 0.339 e. The maximum absolute atomic E-state index is 12.1. The lowest BCUT2D eigenvalue weighted by Gasteiger charge is -2.17. The Bertz CT molecular complexity index is 606. The van der Waals surface area contributed by atoms with E-state index in [-0.39, 0.29) is 29.9 Å². The van der Waals surface area contributed by atoms with E-state index in [1.54, 1.807) is 0 Å². The Morgan fingerprint density at radius 1 is 1.17 bits per heavy atom. The van der Waals surface area contributed by atoms with Crippen LogP contribution in [0.4, 0.5) is 0 Å². The number of hydrogen-bond donors (Lipinski definition) is 1. The fraction of sp³-hybridized carbons (Fsp3) is 0.312. The van der Waals surface area contributed by atoms with Crippen molar-refractivity contribution in [1.29, 1.82) is 0 Å². The van der Waals surface area contributed by atoms with Crippen LogP contribution >= 0.6 is 0 Å². The van der Waals surface area contributed by atoms with Gasteiger partial charge < -0.3 is 19.3 Å². The number of esters is 2. The van der Waals surface area contributed by atoms with Gasteiger partial charge in [0.1, 0.15) is 6.61 Å². The van der Waals surface area contributed by atoms with Crippen LogP contribution in [-0.4, -0.2) is 49.4 Å². The van der Waals surface area contributed by atoms with Crippen LogP contribution in [0.1, 0.15) is 27.6 Å². The van der Waals surface area contributed by atoms with Crippen molar-refractivity contribution in [3.05, 3.63) is 47.5 Å². The Labute approximate surface area is 133 Å². The van der Waals surface area contributed by atoms with Gasteiger partial charge in [-0.05, 0) is 19.1 Å². The lowest BCUT2D eigenvalue weighted by atomic mass is 10.1. The highest BCUT2D eigenvalue weighted by Gasteiger charge is 2.22. The van der Waals surface area contributed by atoms with Gasteiger partial charge in [-0.15, -0.1) is 0 Å². The Morgan fingerprint density at radius 2 is 1.78 bits per heavy atom. The monoisotopic (exact) mass is 322 g/mol. The zero-order chi connectivity index (χ0) is 17.4. The van der Waals surface area contributed by atoms with Gasteiger partial charge in [-0.1, -0.05) is 18.7 Å². The van der Waals surface area contributed by atoms with E-state index in [2.05, 4.69) is 6.58 Å². The van der Waals surface area contributed by atoms with E-state index in [0.29, 0.717) is 0 Å². The van der Waals surface area contributed by atoms with E-state index in [0.717, 1.165) is 0 Å². The van der Waals surface area contributed by atoms with Gasteiger partial charge in [0.05, 0.1) is 17.7 Å². The van der Waals surface area contributed by atoms with Crippen LogP contribution in [0.3, 0.4) is 0 Å². The van der Waals surface area contributed by atoms with E-state index in [1.807, 2.05) is 0 Å². The Hall–Kier alpha value is -2.67. The van der Waals surface area contributed by atoms with Gasteiger partial charge in [0.15, 0.2) is 6.10 Å². The van der Waals surface area contributed by atoms with Crippen LogP contribution in [0, 0.1) is 0 Å².